The molecule has 1 aromatic carbocycles. The number of nitro groups is 1. The molecule has 0 saturated heterocycles. The molecule has 0 aliphatic heterocycles. The van der Waals surface area contributed by atoms with Crippen molar-refractivity contribution in [2.45, 2.75) is 20.4 Å². The average molecular weight is 295 g/mol. The standard InChI is InChI=1S/C13H17N3O5/c1-3-15(8-12(17)18)13(19)14-7-10-5-4-6-11(9(10)2)16(20)21/h4-6H,3,7-8H2,1-2H3,(H,14,19)(H,17,18). The zero-order valence-corrected chi connectivity index (χ0v) is 11.8. The molecule has 0 bridgehead atoms. The van der Waals surface area contributed by atoms with Gasteiger partial charge < -0.3 is 15.3 Å². The van der Waals surface area contributed by atoms with Crippen molar-refractivity contribution < 1.29 is 19.6 Å². The van der Waals surface area contributed by atoms with Crippen molar-refractivity contribution in [2.75, 3.05) is 13.1 Å². The molecule has 2 amide bonds. The molecule has 0 aliphatic rings. The minimum absolute atomic E-state index is 0.0142. The topological polar surface area (TPSA) is 113 Å². The highest BCUT2D eigenvalue weighted by Crippen LogP contribution is 2.20. The van der Waals surface area contributed by atoms with Crippen molar-refractivity contribution in [3.05, 3.63) is 39.4 Å². The number of nitrogens with one attached hydrogen (secondary N) is 1. The monoisotopic (exact) mass is 295 g/mol. The Labute approximate surface area is 121 Å². The Morgan fingerprint density at radius 1 is 1.43 bits per heavy atom. The van der Waals surface area contributed by atoms with Crippen LogP contribution in [0.25, 0.3) is 0 Å². The molecule has 0 atom stereocenters. The number of benzene rings is 1. The second-order valence-electron chi connectivity index (χ2n) is 4.38. The zero-order valence-electron chi connectivity index (χ0n) is 11.8. The zero-order chi connectivity index (χ0) is 16.0. The minimum Gasteiger partial charge on any atom is -0.480 e. The van der Waals surface area contributed by atoms with Crippen LogP contribution in [0.5, 0.6) is 0 Å². The Kier molecular flexibility index (Phi) is 5.65. The van der Waals surface area contributed by atoms with Gasteiger partial charge in [-0.2, -0.15) is 0 Å². The van der Waals surface area contributed by atoms with E-state index in [9.17, 15) is 19.7 Å². The Hall–Kier alpha value is -2.64. The Morgan fingerprint density at radius 3 is 2.62 bits per heavy atom. The molecule has 1 aromatic rings. The first-order valence-corrected chi connectivity index (χ1v) is 6.34. The fraction of sp³-hybridized carbons (Fsp3) is 0.385. The number of nitro benzene ring substituents is 1. The van der Waals surface area contributed by atoms with E-state index in [-0.39, 0.29) is 18.8 Å². The van der Waals surface area contributed by atoms with Gasteiger partial charge in [0.1, 0.15) is 6.54 Å². The van der Waals surface area contributed by atoms with Gasteiger partial charge in [-0.1, -0.05) is 12.1 Å². The van der Waals surface area contributed by atoms with Crippen molar-refractivity contribution in [3.63, 3.8) is 0 Å². The molecule has 1 rings (SSSR count). The summed E-state index contributed by atoms with van der Waals surface area (Å²) in [7, 11) is 0. The van der Waals surface area contributed by atoms with E-state index in [0.29, 0.717) is 11.1 Å². The summed E-state index contributed by atoms with van der Waals surface area (Å²) >= 11 is 0. The fourth-order valence-corrected chi connectivity index (χ4v) is 1.83. The van der Waals surface area contributed by atoms with Crippen LogP contribution in [-0.4, -0.2) is 40.0 Å². The van der Waals surface area contributed by atoms with Gasteiger partial charge in [0.25, 0.3) is 5.69 Å². The van der Waals surface area contributed by atoms with Gasteiger partial charge in [-0.05, 0) is 19.4 Å². The van der Waals surface area contributed by atoms with Gasteiger partial charge >= 0.3 is 12.0 Å². The number of urea groups is 1. The van der Waals surface area contributed by atoms with Crippen LogP contribution in [0.2, 0.25) is 0 Å². The van der Waals surface area contributed by atoms with E-state index < -0.39 is 23.5 Å². The molecule has 0 unspecified atom stereocenters. The third-order valence-corrected chi connectivity index (χ3v) is 3.04. The molecule has 0 saturated carbocycles. The van der Waals surface area contributed by atoms with E-state index in [2.05, 4.69) is 5.32 Å². The third-order valence-electron chi connectivity index (χ3n) is 3.04. The average Bonchev–Trinajstić information content (AvgIpc) is 2.42. The van der Waals surface area contributed by atoms with E-state index in [1.54, 1.807) is 26.0 Å². The van der Waals surface area contributed by atoms with Crippen molar-refractivity contribution in [1.29, 1.82) is 0 Å². The number of amides is 2. The lowest BCUT2D eigenvalue weighted by Crippen LogP contribution is -2.42. The van der Waals surface area contributed by atoms with Crippen LogP contribution >= 0.6 is 0 Å². The second kappa shape index (κ2) is 7.22. The molecule has 21 heavy (non-hydrogen) atoms. The first-order valence-electron chi connectivity index (χ1n) is 6.34. The van der Waals surface area contributed by atoms with E-state index in [1.807, 2.05) is 0 Å². The third kappa shape index (κ3) is 4.44. The van der Waals surface area contributed by atoms with Crippen LogP contribution in [0.1, 0.15) is 18.1 Å². The number of hydrogen-bond acceptors (Lipinski definition) is 4. The molecular weight excluding hydrogens is 278 g/mol. The smallest absolute Gasteiger partial charge is 0.323 e. The van der Waals surface area contributed by atoms with Crippen LogP contribution in [0.15, 0.2) is 18.2 Å². The predicted octanol–water partition coefficient (Wildman–Crippen LogP) is 1.52. The lowest BCUT2D eigenvalue weighted by Gasteiger charge is -2.19. The van der Waals surface area contributed by atoms with Gasteiger partial charge in [-0.25, -0.2) is 4.79 Å². The molecule has 114 valence electrons. The molecule has 0 heterocycles. The van der Waals surface area contributed by atoms with Crippen LogP contribution < -0.4 is 5.32 Å². The van der Waals surface area contributed by atoms with Crippen molar-refractivity contribution in [3.8, 4) is 0 Å². The summed E-state index contributed by atoms with van der Waals surface area (Å²) in [5.74, 6) is -1.10. The highest BCUT2D eigenvalue weighted by atomic mass is 16.6. The summed E-state index contributed by atoms with van der Waals surface area (Å²) in [4.78, 5) is 33.9. The van der Waals surface area contributed by atoms with Crippen LogP contribution in [0.4, 0.5) is 10.5 Å². The molecule has 8 nitrogen and oxygen atoms in total. The number of nitrogens with zero attached hydrogens (tertiary/aromatic N) is 2. The number of rotatable bonds is 6. The summed E-state index contributed by atoms with van der Waals surface area (Å²) in [6, 6.07) is 4.09. The molecule has 0 radical (unpaired) electrons. The highest BCUT2D eigenvalue weighted by molar-refractivity contribution is 5.80. The Balaban J connectivity index is 2.75. The summed E-state index contributed by atoms with van der Waals surface area (Å²) < 4.78 is 0. The van der Waals surface area contributed by atoms with Crippen molar-refractivity contribution in [1.82, 2.24) is 10.2 Å². The fourth-order valence-electron chi connectivity index (χ4n) is 1.83. The number of hydrogen-bond donors (Lipinski definition) is 2. The molecule has 0 spiro atoms. The number of carboxylic acids is 1. The molecule has 0 fully saturated rings. The number of likely N-dealkylation sites (N-methyl/N-ethyl adjacent to an activating group) is 1. The van der Waals surface area contributed by atoms with Crippen LogP contribution in [0.3, 0.4) is 0 Å². The van der Waals surface area contributed by atoms with E-state index in [4.69, 9.17) is 5.11 Å². The maximum atomic E-state index is 11.8. The molecular formula is C13H17N3O5. The van der Waals surface area contributed by atoms with Gasteiger partial charge in [0.2, 0.25) is 0 Å². The van der Waals surface area contributed by atoms with Crippen molar-refractivity contribution in [2.24, 2.45) is 0 Å². The van der Waals surface area contributed by atoms with Gasteiger partial charge in [0, 0.05) is 24.7 Å². The minimum atomic E-state index is -1.10. The predicted molar refractivity (Wildman–Crippen MR) is 75.0 cm³/mol. The quantitative estimate of drug-likeness (QED) is 0.610. The first-order chi connectivity index (χ1) is 9.86. The van der Waals surface area contributed by atoms with Crippen LogP contribution in [0, 0.1) is 17.0 Å². The van der Waals surface area contributed by atoms with Gasteiger partial charge in [0.05, 0.1) is 4.92 Å². The number of aliphatic carboxylic acids is 1. The molecule has 0 aliphatic carbocycles. The SMILES string of the molecule is CCN(CC(=O)O)C(=O)NCc1cccc([N+](=O)[O-])c1C. The van der Waals surface area contributed by atoms with E-state index in [1.165, 1.54) is 6.07 Å². The maximum absolute atomic E-state index is 11.8. The van der Waals surface area contributed by atoms with Gasteiger partial charge in [-0.15, -0.1) is 0 Å². The van der Waals surface area contributed by atoms with Crippen LogP contribution in [-0.2, 0) is 11.3 Å². The number of carbonyl (C=O) groups is 2. The molecule has 0 aromatic heterocycles. The Morgan fingerprint density at radius 2 is 2.10 bits per heavy atom. The Bertz CT molecular complexity index is 559. The normalized spacial score (nSPS) is 10.0. The molecule has 2 N–H and O–H groups in total. The first kappa shape index (κ1) is 16.4. The maximum Gasteiger partial charge on any atom is 0.323 e. The lowest BCUT2D eigenvalue weighted by molar-refractivity contribution is -0.385. The molecule has 8 heteroatoms. The number of carbonyl (C=O) groups excluding carboxylic acids is 1. The van der Waals surface area contributed by atoms with Gasteiger partial charge in [-0.3, -0.25) is 14.9 Å². The summed E-state index contributed by atoms with van der Waals surface area (Å²) in [6.07, 6.45) is 0. The highest BCUT2D eigenvalue weighted by Gasteiger charge is 2.16. The number of carboxylic acid groups (broad SMARTS) is 1. The van der Waals surface area contributed by atoms with Crippen molar-refractivity contribution >= 4 is 17.7 Å². The second-order valence-corrected chi connectivity index (χ2v) is 4.38. The largest absolute Gasteiger partial charge is 0.480 e. The van der Waals surface area contributed by atoms with E-state index >= 15 is 0 Å². The van der Waals surface area contributed by atoms with E-state index in [0.717, 1.165) is 4.90 Å². The summed E-state index contributed by atoms with van der Waals surface area (Å²) in [5, 5.41) is 22.1. The summed E-state index contributed by atoms with van der Waals surface area (Å²) in [6.45, 7) is 3.24. The van der Waals surface area contributed by atoms with Gasteiger partial charge in [0.15, 0.2) is 0 Å². The summed E-state index contributed by atoms with van der Waals surface area (Å²) in [5.41, 5.74) is 1.08. The lowest BCUT2D eigenvalue weighted by atomic mass is 10.1.